The number of benzene rings is 2. The Hall–Kier alpha value is -2.34. The number of hydrogen-bond donors (Lipinski definition) is 0. The standard InChI is InChI=1S/C15H9BrFNO3/c16-13-9-11(5-6-14(13)17)15(19)7-4-10-2-1-3-12(8-10)18(20)21/h1-9H/b7-4+. The fourth-order valence-corrected chi connectivity index (χ4v) is 2.04. The molecule has 0 aliphatic carbocycles. The molecule has 21 heavy (non-hydrogen) atoms. The number of nitro groups is 1. The number of carbonyl (C=O) groups is 1. The van der Waals surface area contributed by atoms with Crippen LogP contribution in [0.2, 0.25) is 0 Å². The minimum atomic E-state index is -0.504. The number of ketones is 1. The predicted octanol–water partition coefficient (Wildman–Crippen LogP) is 4.39. The van der Waals surface area contributed by atoms with Gasteiger partial charge in [-0.2, -0.15) is 0 Å². The Morgan fingerprint density at radius 3 is 2.67 bits per heavy atom. The molecule has 0 aliphatic heterocycles. The van der Waals surface area contributed by atoms with Crippen molar-refractivity contribution in [1.82, 2.24) is 0 Å². The quantitative estimate of drug-likeness (QED) is 0.356. The van der Waals surface area contributed by atoms with Gasteiger partial charge < -0.3 is 0 Å². The predicted molar refractivity (Wildman–Crippen MR) is 80.6 cm³/mol. The molecule has 0 saturated heterocycles. The molecule has 106 valence electrons. The van der Waals surface area contributed by atoms with E-state index in [1.807, 2.05) is 0 Å². The minimum Gasteiger partial charge on any atom is -0.289 e. The second-order valence-electron chi connectivity index (χ2n) is 4.18. The molecule has 0 amide bonds. The normalized spacial score (nSPS) is 10.8. The number of allylic oxidation sites excluding steroid dienone is 1. The third-order valence-corrected chi connectivity index (χ3v) is 3.32. The van der Waals surface area contributed by atoms with Crippen LogP contribution in [-0.4, -0.2) is 10.7 Å². The van der Waals surface area contributed by atoms with Gasteiger partial charge >= 0.3 is 0 Å². The van der Waals surface area contributed by atoms with Crippen molar-refractivity contribution in [2.75, 3.05) is 0 Å². The molecule has 2 rings (SSSR count). The topological polar surface area (TPSA) is 60.2 Å². The van der Waals surface area contributed by atoms with Crippen LogP contribution in [0.5, 0.6) is 0 Å². The summed E-state index contributed by atoms with van der Waals surface area (Å²) < 4.78 is 13.3. The lowest BCUT2D eigenvalue weighted by molar-refractivity contribution is -0.384. The van der Waals surface area contributed by atoms with E-state index in [9.17, 15) is 19.3 Å². The number of nitro benzene ring substituents is 1. The van der Waals surface area contributed by atoms with E-state index in [-0.39, 0.29) is 15.9 Å². The van der Waals surface area contributed by atoms with Crippen molar-refractivity contribution in [3.05, 3.63) is 80.1 Å². The SMILES string of the molecule is O=C(/C=C/c1cccc([N+](=O)[O-])c1)c1ccc(F)c(Br)c1. The molecule has 0 unspecified atom stereocenters. The molecular formula is C15H9BrFNO3. The summed E-state index contributed by atoms with van der Waals surface area (Å²) in [4.78, 5) is 22.1. The summed E-state index contributed by atoms with van der Waals surface area (Å²) in [5.74, 6) is -0.767. The molecule has 0 aliphatic rings. The Labute approximate surface area is 128 Å². The maximum absolute atomic E-state index is 13.1. The van der Waals surface area contributed by atoms with Crippen LogP contribution in [0.15, 0.2) is 53.0 Å². The average Bonchev–Trinajstić information content (AvgIpc) is 2.48. The fraction of sp³-hybridized carbons (Fsp3) is 0. The van der Waals surface area contributed by atoms with Crippen LogP contribution in [0.3, 0.4) is 0 Å². The summed E-state index contributed by atoms with van der Waals surface area (Å²) in [6.45, 7) is 0. The monoisotopic (exact) mass is 349 g/mol. The molecule has 0 radical (unpaired) electrons. The summed E-state index contributed by atoms with van der Waals surface area (Å²) in [7, 11) is 0. The summed E-state index contributed by atoms with van der Waals surface area (Å²) in [6.07, 6.45) is 2.77. The highest BCUT2D eigenvalue weighted by Crippen LogP contribution is 2.18. The molecule has 0 bridgehead atoms. The highest BCUT2D eigenvalue weighted by Gasteiger charge is 2.07. The van der Waals surface area contributed by atoms with Crippen LogP contribution in [0.1, 0.15) is 15.9 Å². The van der Waals surface area contributed by atoms with Crippen molar-refractivity contribution in [2.24, 2.45) is 0 Å². The first-order chi connectivity index (χ1) is 9.97. The Balaban J connectivity index is 2.20. The summed E-state index contributed by atoms with van der Waals surface area (Å²) >= 11 is 3.01. The zero-order chi connectivity index (χ0) is 15.4. The highest BCUT2D eigenvalue weighted by atomic mass is 79.9. The molecule has 2 aromatic rings. The zero-order valence-electron chi connectivity index (χ0n) is 10.6. The molecule has 0 spiro atoms. The van der Waals surface area contributed by atoms with Gasteiger partial charge in [-0.1, -0.05) is 18.2 Å². The van der Waals surface area contributed by atoms with Gasteiger partial charge in [-0.15, -0.1) is 0 Å². The number of hydrogen-bond acceptors (Lipinski definition) is 3. The van der Waals surface area contributed by atoms with E-state index in [0.717, 1.165) is 0 Å². The molecule has 0 atom stereocenters. The van der Waals surface area contributed by atoms with Crippen molar-refractivity contribution in [2.45, 2.75) is 0 Å². The van der Waals surface area contributed by atoms with Gasteiger partial charge in [0.1, 0.15) is 5.82 Å². The maximum Gasteiger partial charge on any atom is 0.270 e. The number of halogens is 2. The third kappa shape index (κ3) is 3.82. The molecule has 0 heterocycles. The first kappa shape index (κ1) is 15.1. The molecule has 6 heteroatoms. The van der Waals surface area contributed by atoms with E-state index in [2.05, 4.69) is 15.9 Å². The van der Waals surface area contributed by atoms with Gasteiger partial charge in [-0.25, -0.2) is 4.39 Å². The summed E-state index contributed by atoms with van der Waals surface area (Å²) in [5, 5.41) is 10.7. The number of non-ortho nitro benzene ring substituents is 1. The Kier molecular flexibility index (Phi) is 4.59. The maximum atomic E-state index is 13.1. The van der Waals surface area contributed by atoms with E-state index in [1.165, 1.54) is 48.6 Å². The van der Waals surface area contributed by atoms with Gasteiger partial charge in [0.2, 0.25) is 0 Å². The third-order valence-electron chi connectivity index (χ3n) is 2.71. The lowest BCUT2D eigenvalue weighted by Crippen LogP contribution is -1.95. The molecule has 0 aromatic heterocycles. The van der Waals surface area contributed by atoms with Gasteiger partial charge in [0, 0.05) is 17.7 Å². The average molecular weight is 350 g/mol. The second kappa shape index (κ2) is 6.41. The van der Waals surface area contributed by atoms with Gasteiger partial charge in [-0.05, 0) is 45.8 Å². The van der Waals surface area contributed by atoms with Crippen molar-refractivity contribution in [1.29, 1.82) is 0 Å². The van der Waals surface area contributed by atoms with Crippen LogP contribution in [0.25, 0.3) is 6.08 Å². The van der Waals surface area contributed by atoms with Gasteiger partial charge in [0.05, 0.1) is 9.40 Å². The number of rotatable bonds is 4. The lowest BCUT2D eigenvalue weighted by atomic mass is 10.1. The molecule has 0 fully saturated rings. The van der Waals surface area contributed by atoms with Crippen molar-refractivity contribution in [3.8, 4) is 0 Å². The van der Waals surface area contributed by atoms with Crippen LogP contribution >= 0.6 is 15.9 Å². The molecule has 4 nitrogen and oxygen atoms in total. The number of carbonyl (C=O) groups excluding carboxylic acids is 1. The van der Waals surface area contributed by atoms with Crippen LogP contribution in [-0.2, 0) is 0 Å². The van der Waals surface area contributed by atoms with Crippen molar-refractivity contribution >= 4 is 33.5 Å². The Morgan fingerprint density at radius 2 is 2.00 bits per heavy atom. The summed E-state index contributed by atoms with van der Waals surface area (Å²) in [6, 6.07) is 9.88. The van der Waals surface area contributed by atoms with Crippen molar-refractivity contribution in [3.63, 3.8) is 0 Å². The van der Waals surface area contributed by atoms with Gasteiger partial charge in [0.15, 0.2) is 5.78 Å². The molecule has 2 aromatic carbocycles. The van der Waals surface area contributed by atoms with Crippen LogP contribution in [0, 0.1) is 15.9 Å². The van der Waals surface area contributed by atoms with Crippen LogP contribution in [0.4, 0.5) is 10.1 Å². The molecular weight excluding hydrogens is 341 g/mol. The first-order valence-corrected chi connectivity index (χ1v) is 6.68. The highest BCUT2D eigenvalue weighted by molar-refractivity contribution is 9.10. The largest absolute Gasteiger partial charge is 0.289 e. The number of nitrogens with zero attached hydrogens (tertiary/aromatic N) is 1. The smallest absolute Gasteiger partial charge is 0.270 e. The van der Waals surface area contributed by atoms with Crippen molar-refractivity contribution < 1.29 is 14.1 Å². The Bertz CT molecular complexity index is 743. The first-order valence-electron chi connectivity index (χ1n) is 5.89. The molecule has 0 N–H and O–H groups in total. The Morgan fingerprint density at radius 1 is 1.24 bits per heavy atom. The summed E-state index contributed by atoms with van der Waals surface area (Å²) in [5.41, 5.74) is 0.817. The van der Waals surface area contributed by atoms with E-state index in [0.29, 0.717) is 11.1 Å². The van der Waals surface area contributed by atoms with E-state index < -0.39 is 10.7 Å². The van der Waals surface area contributed by atoms with Gasteiger partial charge in [0.25, 0.3) is 5.69 Å². The van der Waals surface area contributed by atoms with Crippen LogP contribution < -0.4 is 0 Å². The van der Waals surface area contributed by atoms with E-state index in [4.69, 9.17) is 0 Å². The second-order valence-corrected chi connectivity index (χ2v) is 5.03. The minimum absolute atomic E-state index is 0.0471. The van der Waals surface area contributed by atoms with E-state index >= 15 is 0 Å². The van der Waals surface area contributed by atoms with Gasteiger partial charge in [-0.3, -0.25) is 14.9 Å². The zero-order valence-corrected chi connectivity index (χ0v) is 12.2. The fourth-order valence-electron chi connectivity index (χ4n) is 1.66. The molecule has 0 saturated carbocycles. The lowest BCUT2D eigenvalue weighted by Gasteiger charge is -1.98. The van der Waals surface area contributed by atoms with E-state index in [1.54, 1.807) is 6.07 Å².